The largest absolute Gasteiger partial charge is 0.497 e. The van der Waals surface area contributed by atoms with Crippen molar-refractivity contribution in [1.82, 2.24) is 10.6 Å². The summed E-state index contributed by atoms with van der Waals surface area (Å²) in [5, 5.41) is 6.24. The van der Waals surface area contributed by atoms with Crippen LogP contribution in [0.25, 0.3) is 0 Å². The van der Waals surface area contributed by atoms with Gasteiger partial charge in [-0.3, -0.25) is 4.79 Å². The number of rotatable bonds is 6. The average Bonchev–Trinajstić information content (AvgIpc) is 2.55. The third-order valence-corrected chi connectivity index (χ3v) is 3.81. The van der Waals surface area contributed by atoms with E-state index < -0.39 is 0 Å². The number of carbonyl (C=O) groups is 1. The monoisotopic (exact) mass is 292 g/mol. The first kappa shape index (κ1) is 15.6. The van der Waals surface area contributed by atoms with Crippen LogP contribution in [-0.4, -0.2) is 39.3 Å². The average molecular weight is 292 g/mol. The molecule has 21 heavy (non-hydrogen) atoms. The van der Waals surface area contributed by atoms with Crippen LogP contribution < -0.4 is 20.1 Å². The SMILES string of the molecule is COc1ccc(OC)c(CCNC(=O)C2CCCCN2)c1. The van der Waals surface area contributed by atoms with Crippen molar-refractivity contribution in [2.45, 2.75) is 31.7 Å². The lowest BCUT2D eigenvalue weighted by molar-refractivity contribution is -0.123. The van der Waals surface area contributed by atoms with E-state index in [-0.39, 0.29) is 11.9 Å². The second-order valence-electron chi connectivity index (χ2n) is 5.22. The molecule has 2 rings (SSSR count). The van der Waals surface area contributed by atoms with Crippen molar-refractivity contribution in [2.24, 2.45) is 0 Å². The van der Waals surface area contributed by atoms with Crippen LogP contribution in [0, 0.1) is 0 Å². The standard InChI is InChI=1S/C16H24N2O3/c1-20-13-6-7-15(21-2)12(11-13)8-10-18-16(19)14-5-3-4-9-17-14/h6-7,11,14,17H,3-5,8-10H2,1-2H3,(H,18,19). The Morgan fingerprint density at radius 1 is 1.33 bits per heavy atom. The van der Waals surface area contributed by atoms with Gasteiger partial charge in [-0.1, -0.05) is 6.42 Å². The second kappa shape index (κ2) is 7.88. The molecular formula is C16H24N2O3. The molecule has 0 aliphatic carbocycles. The Morgan fingerprint density at radius 3 is 2.86 bits per heavy atom. The molecule has 0 bridgehead atoms. The minimum Gasteiger partial charge on any atom is -0.497 e. The Hall–Kier alpha value is -1.75. The highest BCUT2D eigenvalue weighted by Gasteiger charge is 2.19. The number of hydrogen-bond donors (Lipinski definition) is 2. The van der Waals surface area contributed by atoms with E-state index in [1.807, 2.05) is 18.2 Å². The van der Waals surface area contributed by atoms with Crippen LogP contribution in [0.2, 0.25) is 0 Å². The number of benzene rings is 1. The number of nitrogens with one attached hydrogen (secondary N) is 2. The third kappa shape index (κ3) is 4.36. The van der Waals surface area contributed by atoms with Crippen molar-refractivity contribution in [3.63, 3.8) is 0 Å². The summed E-state index contributed by atoms with van der Waals surface area (Å²) in [5.74, 6) is 1.71. The lowest BCUT2D eigenvalue weighted by Crippen LogP contribution is -2.47. The molecule has 1 saturated heterocycles. The zero-order valence-corrected chi connectivity index (χ0v) is 12.8. The fourth-order valence-electron chi connectivity index (χ4n) is 2.60. The second-order valence-corrected chi connectivity index (χ2v) is 5.22. The summed E-state index contributed by atoms with van der Waals surface area (Å²) in [5.41, 5.74) is 1.04. The first-order valence-corrected chi connectivity index (χ1v) is 7.46. The van der Waals surface area contributed by atoms with E-state index in [1.54, 1.807) is 14.2 Å². The zero-order chi connectivity index (χ0) is 15.1. The predicted molar refractivity (Wildman–Crippen MR) is 81.9 cm³/mol. The molecule has 1 aromatic carbocycles. The molecule has 1 heterocycles. The van der Waals surface area contributed by atoms with Gasteiger partial charge in [-0.15, -0.1) is 0 Å². The van der Waals surface area contributed by atoms with Crippen LogP contribution in [0.15, 0.2) is 18.2 Å². The Labute approximate surface area is 126 Å². The Kier molecular flexibility index (Phi) is 5.87. The highest BCUT2D eigenvalue weighted by molar-refractivity contribution is 5.81. The molecule has 1 fully saturated rings. The molecule has 116 valence electrons. The molecule has 5 heteroatoms. The van der Waals surface area contributed by atoms with E-state index in [9.17, 15) is 4.79 Å². The lowest BCUT2D eigenvalue weighted by Gasteiger charge is -2.22. The van der Waals surface area contributed by atoms with Crippen LogP contribution in [0.4, 0.5) is 0 Å². The Balaban J connectivity index is 1.86. The van der Waals surface area contributed by atoms with E-state index in [1.165, 1.54) is 0 Å². The van der Waals surface area contributed by atoms with Gasteiger partial charge in [-0.25, -0.2) is 0 Å². The molecule has 0 aromatic heterocycles. The number of hydrogen-bond acceptors (Lipinski definition) is 4. The van der Waals surface area contributed by atoms with Crippen LogP contribution in [0.5, 0.6) is 11.5 Å². The minimum absolute atomic E-state index is 0.0362. The molecule has 2 N–H and O–H groups in total. The van der Waals surface area contributed by atoms with E-state index in [0.717, 1.165) is 49.3 Å². The van der Waals surface area contributed by atoms with E-state index in [2.05, 4.69) is 10.6 Å². The van der Waals surface area contributed by atoms with Crippen molar-refractivity contribution in [1.29, 1.82) is 0 Å². The third-order valence-electron chi connectivity index (χ3n) is 3.81. The van der Waals surface area contributed by atoms with Gasteiger partial charge >= 0.3 is 0 Å². The van der Waals surface area contributed by atoms with Gasteiger partial charge < -0.3 is 20.1 Å². The zero-order valence-electron chi connectivity index (χ0n) is 12.8. The van der Waals surface area contributed by atoms with Crippen LogP contribution in [-0.2, 0) is 11.2 Å². The van der Waals surface area contributed by atoms with Crippen LogP contribution in [0.1, 0.15) is 24.8 Å². The summed E-state index contributed by atoms with van der Waals surface area (Å²) >= 11 is 0. The summed E-state index contributed by atoms with van der Waals surface area (Å²) < 4.78 is 10.6. The number of carbonyl (C=O) groups excluding carboxylic acids is 1. The topological polar surface area (TPSA) is 59.6 Å². The molecule has 1 amide bonds. The Bertz CT molecular complexity index is 471. The summed E-state index contributed by atoms with van der Waals surface area (Å²) in [6, 6.07) is 5.67. The molecule has 0 radical (unpaired) electrons. The van der Waals surface area contributed by atoms with Gasteiger partial charge in [-0.2, -0.15) is 0 Å². The molecule has 0 spiro atoms. The highest BCUT2D eigenvalue weighted by Crippen LogP contribution is 2.24. The number of amides is 1. The van der Waals surface area contributed by atoms with Crippen LogP contribution >= 0.6 is 0 Å². The molecule has 5 nitrogen and oxygen atoms in total. The maximum Gasteiger partial charge on any atom is 0.237 e. The fourth-order valence-corrected chi connectivity index (χ4v) is 2.60. The molecule has 1 aromatic rings. The first-order chi connectivity index (χ1) is 10.2. The van der Waals surface area contributed by atoms with E-state index in [4.69, 9.17) is 9.47 Å². The number of methoxy groups -OCH3 is 2. The van der Waals surface area contributed by atoms with Gasteiger partial charge in [-0.05, 0) is 49.6 Å². The quantitative estimate of drug-likeness (QED) is 0.834. The number of ether oxygens (including phenoxy) is 2. The molecule has 0 saturated carbocycles. The Morgan fingerprint density at radius 2 is 2.19 bits per heavy atom. The maximum atomic E-state index is 12.0. The van der Waals surface area contributed by atoms with Gasteiger partial charge in [0.05, 0.1) is 20.3 Å². The predicted octanol–water partition coefficient (Wildman–Crippen LogP) is 1.50. The summed E-state index contributed by atoms with van der Waals surface area (Å²) in [6.45, 7) is 1.53. The summed E-state index contributed by atoms with van der Waals surface area (Å²) in [6.07, 6.45) is 3.92. The van der Waals surface area contributed by atoms with Crippen molar-refractivity contribution in [3.05, 3.63) is 23.8 Å². The highest BCUT2D eigenvalue weighted by atomic mass is 16.5. The van der Waals surface area contributed by atoms with E-state index in [0.29, 0.717) is 6.54 Å². The summed E-state index contributed by atoms with van der Waals surface area (Å²) in [4.78, 5) is 12.0. The minimum atomic E-state index is -0.0362. The van der Waals surface area contributed by atoms with Gasteiger partial charge in [0, 0.05) is 6.54 Å². The van der Waals surface area contributed by atoms with Crippen molar-refractivity contribution >= 4 is 5.91 Å². The molecule has 1 atom stereocenters. The molecule has 1 unspecified atom stereocenters. The van der Waals surface area contributed by atoms with Crippen molar-refractivity contribution < 1.29 is 14.3 Å². The van der Waals surface area contributed by atoms with Gasteiger partial charge in [0.15, 0.2) is 0 Å². The normalized spacial score (nSPS) is 18.1. The van der Waals surface area contributed by atoms with E-state index >= 15 is 0 Å². The maximum absolute atomic E-state index is 12.0. The van der Waals surface area contributed by atoms with Gasteiger partial charge in [0.25, 0.3) is 0 Å². The summed E-state index contributed by atoms with van der Waals surface area (Å²) in [7, 11) is 3.29. The number of piperidine rings is 1. The fraction of sp³-hybridized carbons (Fsp3) is 0.562. The first-order valence-electron chi connectivity index (χ1n) is 7.46. The van der Waals surface area contributed by atoms with Gasteiger partial charge in [0.2, 0.25) is 5.91 Å². The van der Waals surface area contributed by atoms with Gasteiger partial charge in [0.1, 0.15) is 11.5 Å². The smallest absolute Gasteiger partial charge is 0.237 e. The van der Waals surface area contributed by atoms with Crippen LogP contribution in [0.3, 0.4) is 0 Å². The lowest BCUT2D eigenvalue weighted by atomic mass is 10.0. The molecule has 1 aliphatic rings. The molecule has 1 aliphatic heterocycles. The molecular weight excluding hydrogens is 268 g/mol. The van der Waals surface area contributed by atoms with Crippen molar-refractivity contribution in [3.8, 4) is 11.5 Å². The van der Waals surface area contributed by atoms with Crippen molar-refractivity contribution in [2.75, 3.05) is 27.3 Å².